The zero-order valence-electron chi connectivity index (χ0n) is 11.4. The number of anilines is 1. The van der Waals surface area contributed by atoms with Crippen molar-refractivity contribution in [1.82, 2.24) is 14.8 Å². The molecule has 1 fully saturated rings. The Morgan fingerprint density at radius 1 is 1.20 bits per heavy atom. The minimum atomic E-state index is 0. The zero-order chi connectivity index (χ0) is 13.8. The number of halogens is 1. The summed E-state index contributed by atoms with van der Waals surface area (Å²) in [6, 6.07) is 3.50. The van der Waals surface area contributed by atoms with Crippen LogP contribution in [-0.4, -0.2) is 52.8 Å². The molecule has 2 amide bonds. The number of hydrogen-bond donors (Lipinski definition) is 1. The molecule has 2 heterocycles. The van der Waals surface area contributed by atoms with E-state index >= 15 is 0 Å². The molecule has 0 aliphatic carbocycles. The molecule has 7 heteroatoms. The lowest BCUT2D eigenvalue weighted by molar-refractivity contribution is -0.138. The number of piperazine rings is 1. The summed E-state index contributed by atoms with van der Waals surface area (Å²) in [5, 5.41) is 0. The fraction of sp³-hybridized carbons (Fsp3) is 0.462. The first-order valence-corrected chi connectivity index (χ1v) is 6.30. The van der Waals surface area contributed by atoms with Gasteiger partial charge in [-0.15, -0.1) is 12.4 Å². The first kappa shape index (κ1) is 16.2. The van der Waals surface area contributed by atoms with Crippen LogP contribution in [0.25, 0.3) is 0 Å². The molecule has 0 atom stereocenters. The van der Waals surface area contributed by atoms with Crippen molar-refractivity contribution < 1.29 is 9.59 Å². The van der Waals surface area contributed by atoms with E-state index in [9.17, 15) is 9.59 Å². The first-order valence-electron chi connectivity index (χ1n) is 6.30. The van der Waals surface area contributed by atoms with Crippen LogP contribution in [0.5, 0.6) is 0 Å². The SMILES string of the molecule is CC(=O)N1CCN(C(=O)Cc2ccc(N)cn2)CC1.Cl. The van der Waals surface area contributed by atoms with E-state index in [1.807, 2.05) is 0 Å². The second kappa shape index (κ2) is 7.09. The van der Waals surface area contributed by atoms with Gasteiger partial charge in [-0.05, 0) is 12.1 Å². The maximum Gasteiger partial charge on any atom is 0.228 e. The lowest BCUT2D eigenvalue weighted by atomic mass is 10.2. The van der Waals surface area contributed by atoms with Crippen molar-refractivity contribution in [2.75, 3.05) is 31.9 Å². The Morgan fingerprint density at radius 2 is 1.80 bits per heavy atom. The molecular formula is C13H19ClN4O2. The van der Waals surface area contributed by atoms with Gasteiger partial charge in [-0.1, -0.05) is 0 Å². The van der Waals surface area contributed by atoms with Crippen molar-refractivity contribution >= 4 is 29.9 Å². The normalized spacial score (nSPS) is 14.7. The third-order valence-electron chi connectivity index (χ3n) is 3.26. The Labute approximate surface area is 124 Å². The number of aromatic nitrogens is 1. The third-order valence-corrected chi connectivity index (χ3v) is 3.26. The van der Waals surface area contributed by atoms with Crippen LogP contribution in [0.3, 0.4) is 0 Å². The average molecular weight is 299 g/mol. The van der Waals surface area contributed by atoms with E-state index in [4.69, 9.17) is 5.73 Å². The molecule has 1 aromatic rings. The van der Waals surface area contributed by atoms with Gasteiger partial charge in [0.25, 0.3) is 0 Å². The predicted octanol–water partition coefficient (Wildman–Crippen LogP) is 0.319. The van der Waals surface area contributed by atoms with Crippen LogP contribution in [0.2, 0.25) is 0 Å². The minimum absolute atomic E-state index is 0. The van der Waals surface area contributed by atoms with Gasteiger partial charge < -0.3 is 15.5 Å². The summed E-state index contributed by atoms with van der Waals surface area (Å²) in [7, 11) is 0. The monoisotopic (exact) mass is 298 g/mol. The highest BCUT2D eigenvalue weighted by molar-refractivity contribution is 5.85. The van der Waals surface area contributed by atoms with Crippen LogP contribution in [-0.2, 0) is 16.0 Å². The third kappa shape index (κ3) is 4.09. The lowest BCUT2D eigenvalue weighted by Gasteiger charge is -2.34. The van der Waals surface area contributed by atoms with E-state index in [0.29, 0.717) is 37.6 Å². The molecule has 0 aromatic carbocycles. The number of nitrogen functional groups attached to an aromatic ring is 1. The van der Waals surface area contributed by atoms with Gasteiger partial charge in [0.1, 0.15) is 0 Å². The lowest BCUT2D eigenvalue weighted by Crippen LogP contribution is -2.50. The topological polar surface area (TPSA) is 79.5 Å². The summed E-state index contributed by atoms with van der Waals surface area (Å²) in [4.78, 5) is 30.9. The van der Waals surface area contributed by atoms with Crippen LogP contribution in [0.1, 0.15) is 12.6 Å². The number of pyridine rings is 1. The smallest absolute Gasteiger partial charge is 0.228 e. The molecule has 2 N–H and O–H groups in total. The van der Waals surface area contributed by atoms with Crippen molar-refractivity contribution in [3.63, 3.8) is 0 Å². The van der Waals surface area contributed by atoms with E-state index < -0.39 is 0 Å². The summed E-state index contributed by atoms with van der Waals surface area (Å²) >= 11 is 0. The van der Waals surface area contributed by atoms with Crippen molar-refractivity contribution in [3.05, 3.63) is 24.0 Å². The molecule has 0 bridgehead atoms. The van der Waals surface area contributed by atoms with E-state index in [2.05, 4.69) is 4.98 Å². The Kier molecular flexibility index (Phi) is 5.76. The predicted molar refractivity (Wildman–Crippen MR) is 78.4 cm³/mol. The summed E-state index contributed by atoms with van der Waals surface area (Å²) in [5.41, 5.74) is 6.85. The van der Waals surface area contributed by atoms with E-state index in [1.165, 1.54) is 0 Å². The van der Waals surface area contributed by atoms with Crippen LogP contribution >= 0.6 is 12.4 Å². The van der Waals surface area contributed by atoms with Crippen molar-refractivity contribution in [2.45, 2.75) is 13.3 Å². The molecule has 0 unspecified atom stereocenters. The Hall–Kier alpha value is -1.82. The van der Waals surface area contributed by atoms with Gasteiger partial charge in [-0.25, -0.2) is 0 Å². The average Bonchev–Trinajstić information content (AvgIpc) is 2.41. The molecule has 110 valence electrons. The Bertz CT molecular complexity index is 470. The van der Waals surface area contributed by atoms with Gasteiger partial charge in [-0.3, -0.25) is 14.6 Å². The quantitative estimate of drug-likeness (QED) is 0.853. The van der Waals surface area contributed by atoms with Gasteiger partial charge in [0.2, 0.25) is 11.8 Å². The molecule has 1 aromatic heterocycles. The molecule has 0 radical (unpaired) electrons. The van der Waals surface area contributed by atoms with Gasteiger partial charge in [0.15, 0.2) is 0 Å². The second-order valence-corrected chi connectivity index (χ2v) is 4.65. The molecule has 1 aliphatic heterocycles. The maximum atomic E-state index is 12.1. The van der Waals surface area contributed by atoms with Gasteiger partial charge in [0, 0.05) is 38.8 Å². The molecule has 1 saturated heterocycles. The fourth-order valence-electron chi connectivity index (χ4n) is 2.08. The zero-order valence-corrected chi connectivity index (χ0v) is 12.2. The molecule has 20 heavy (non-hydrogen) atoms. The highest BCUT2D eigenvalue weighted by Crippen LogP contribution is 2.07. The fourth-order valence-corrected chi connectivity index (χ4v) is 2.08. The van der Waals surface area contributed by atoms with E-state index in [-0.39, 0.29) is 30.6 Å². The summed E-state index contributed by atoms with van der Waals surface area (Å²) < 4.78 is 0. The molecule has 6 nitrogen and oxygen atoms in total. The van der Waals surface area contributed by atoms with Gasteiger partial charge in [0.05, 0.1) is 18.3 Å². The van der Waals surface area contributed by atoms with Crippen LogP contribution < -0.4 is 5.73 Å². The Morgan fingerprint density at radius 3 is 2.30 bits per heavy atom. The number of nitrogens with two attached hydrogens (primary N) is 1. The van der Waals surface area contributed by atoms with Gasteiger partial charge in [-0.2, -0.15) is 0 Å². The van der Waals surface area contributed by atoms with Crippen molar-refractivity contribution in [1.29, 1.82) is 0 Å². The number of carbonyl (C=O) groups excluding carboxylic acids is 2. The number of carbonyl (C=O) groups is 2. The standard InChI is InChI=1S/C13H18N4O2.ClH/c1-10(18)16-4-6-17(7-5-16)13(19)8-12-3-2-11(14)9-15-12;/h2-3,9H,4-8,14H2,1H3;1H. The first-order chi connectivity index (χ1) is 9.06. The maximum absolute atomic E-state index is 12.1. The number of rotatable bonds is 2. The highest BCUT2D eigenvalue weighted by Gasteiger charge is 2.22. The molecular weight excluding hydrogens is 280 g/mol. The molecule has 2 rings (SSSR count). The largest absolute Gasteiger partial charge is 0.397 e. The minimum Gasteiger partial charge on any atom is -0.397 e. The van der Waals surface area contributed by atoms with Crippen LogP contribution in [0.4, 0.5) is 5.69 Å². The highest BCUT2D eigenvalue weighted by atomic mass is 35.5. The summed E-state index contributed by atoms with van der Waals surface area (Å²) in [5.74, 6) is 0.104. The van der Waals surface area contributed by atoms with Crippen molar-refractivity contribution in [2.24, 2.45) is 0 Å². The second-order valence-electron chi connectivity index (χ2n) is 4.65. The molecule has 0 saturated carbocycles. The number of nitrogens with zero attached hydrogens (tertiary/aromatic N) is 3. The van der Waals surface area contributed by atoms with Crippen LogP contribution in [0, 0.1) is 0 Å². The molecule has 1 aliphatic rings. The summed E-state index contributed by atoms with van der Waals surface area (Å²) in [6.07, 6.45) is 1.83. The van der Waals surface area contributed by atoms with E-state index in [1.54, 1.807) is 35.1 Å². The molecule has 0 spiro atoms. The van der Waals surface area contributed by atoms with Crippen LogP contribution in [0.15, 0.2) is 18.3 Å². The summed E-state index contributed by atoms with van der Waals surface area (Å²) in [6.45, 7) is 3.95. The van der Waals surface area contributed by atoms with Gasteiger partial charge >= 0.3 is 0 Å². The Balaban J connectivity index is 0.00000200. The van der Waals surface area contributed by atoms with Crippen molar-refractivity contribution in [3.8, 4) is 0 Å². The number of hydrogen-bond acceptors (Lipinski definition) is 4. The van der Waals surface area contributed by atoms with E-state index in [0.717, 1.165) is 0 Å². The number of amides is 2.